The molecule has 0 aliphatic heterocycles. The summed E-state index contributed by atoms with van der Waals surface area (Å²) in [7, 11) is 0. The van der Waals surface area contributed by atoms with Crippen molar-refractivity contribution in [2.75, 3.05) is 6.61 Å². The maximum absolute atomic E-state index is 11.1. The van der Waals surface area contributed by atoms with E-state index in [0.717, 1.165) is 5.70 Å². The maximum Gasteiger partial charge on any atom is 0.332 e. The monoisotopic (exact) mass is 234 g/mol. The molecule has 0 unspecified atom stereocenters. The topological polar surface area (TPSA) is 50.4 Å². The number of allylic oxidation sites excluding steroid dienone is 1. The fraction of sp³-hybridized carbons (Fsp3) is 0.308. The van der Waals surface area contributed by atoms with Crippen molar-refractivity contribution in [3.8, 4) is 0 Å². The van der Waals surface area contributed by atoms with E-state index in [4.69, 9.17) is 4.74 Å². The summed E-state index contributed by atoms with van der Waals surface area (Å²) in [6, 6.07) is 10.00. The highest BCUT2D eigenvalue weighted by atomic mass is 16.5. The Morgan fingerprint density at radius 2 is 2.06 bits per heavy atom. The van der Waals surface area contributed by atoms with Crippen LogP contribution in [0.1, 0.15) is 19.4 Å². The molecule has 0 aromatic heterocycles. The Morgan fingerprint density at radius 1 is 1.35 bits per heavy atom. The molecule has 2 N–H and O–H groups in total. The van der Waals surface area contributed by atoms with Crippen molar-refractivity contribution in [2.24, 2.45) is 0 Å². The van der Waals surface area contributed by atoms with Crippen molar-refractivity contribution in [2.45, 2.75) is 20.4 Å². The third-order valence-electron chi connectivity index (χ3n) is 2.04. The average Bonchev–Trinajstić information content (AvgIpc) is 2.30. The molecule has 0 saturated heterocycles. The fourth-order valence-electron chi connectivity index (χ4n) is 1.28. The van der Waals surface area contributed by atoms with E-state index >= 15 is 0 Å². The molecule has 0 atom stereocenters. The number of hydrogen-bond donors (Lipinski definition) is 2. The van der Waals surface area contributed by atoms with E-state index in [0.29, 0.717) is 13.2 Å². The van der Waals surface area contributed by atoms with E-state index in [9.17, 15) is 4.79 Å². The predicted octanol–water partition coefficient (Wildman–Crippen LogP) is 1.75. The highest BCUT2D eigenvalue weighted by Gasteiger charge is 1.97. The maximum atomic E-state index is 11.1. The third-order valence-corrected chi connectivity index (χ3v) is 2.04. The number of esters is 1. The molecule has 92 valence electrons. The molecule has 0 amide bonds. The third kappa shape index (κ3) is 5.73. The highest BCUT2D eigenvalue weighted by molar-refractivity contribution is 5.82. The zero-order valence-corrected chi connectivity index (χ0v) is 10.2. The molecule has 0 fully saturated rings. The van der Waals surface area contributed by atoms with E-state index in [1.165, 1.54) is 11.6 Å². The second-order valence-electron chi connectivity index (χ2n) is 3.54. The molecule has 4 heteroatoms. The van der Waals surface area contributed by atoms with E-state index in [-0.39, 0.29) is 5.97 Å². The Labute approximate surface area is 102 Å². The Hall–Kier alpha value is -1.81. The molecule has 0 radical (unpaired) electrons. The molecular formula is C13H18N2O2. The molecule has 4 nitrogen and oxygen atoms in total. The van der Waals surface area contributed by atoms with Gasteiger partial charge in [0.2, 0.25) is 0 Å². The van der Waals surface area contributed by atoms with Gasteiger partial charge in [0.05, 0.1) is 6.61 Å². The molecule has 0 saturated carbocycles. The zero-order chi connectivity index (χ0) is 12.5. The van der Waals surface area contributed by atoms with Gasteiger partial charge in [0, 0.05) is 18.3 Å². The van der Waals surface area contributed by atoms with Crippen LogP contribution in [0, 0.1) is 0 Å². The van der Waals surface area contributed by atoms with Crippen LogP contribution in [0.2, 0.25) is 0 Å². The lowest BCUT2D eigenvalue weighted by Crippen LogP contribution is -2.29. The second-order valence-corrected chi connectivity index (χ2v) is 3.54. The van der Waals surface area contributed by atoms with Crippen LogP contribution in [0.3, 0.4) is 0 Å². The lowest BCUT2D eigenvalue weighted by atomic mass is 10.2. The van der Waals surface area contributed by atoms with E-state index < -0.39 is 0 Å². The molecular weight excluding hydrogens is 216 g/mol. The number of hydrogen-bond acceptors (Lipinski definition) is 4. The number of nitrogens with one attached hydrogen (secondary N) is 2. The molecule has 0 spiro atoms. The van der Waals surface area contributed by atoms with Gasteiger partial charge >= 0.3 is 5.97 Å². The summed E-state index contributed by atoms with van der Waals surface area (Å²) in [6.07, 6.45) is 1.42. The first kappa shape index (κ1) is 13.3. The average molecular weight is 234 g/mol. The van der Waals surface area contributed by atoms with Crippen molar-refractivity contribution in [3.05, 3.63) is 47.7 Å². The van der Waals surface area contributed by atoms with Gasteiger partial charge in [-0.25, -0.2) is 10.2 Å². The van der Waals surface area contributed by atoms with Crippen LogP contribution in [0.5, 0.6) is 0 Å². The number of ether oxygens (including phenoxy) is 1. The van der Waals surface area contributed by atoms with E-state index in [1.807, 2.05) is 30.3 Å². The molecule has 0 aliphatic rings. The van der Waals surface area contributed by atoms with Crippen molar-refractivity contribution in [1.82, 2.24) is 10.9 Å². The van der Waals surface area contributed by atoms with Crippen LogP contribution < -0.4 is 10.9 Å². The van der Waals surface area contributed by atoms with Gasteiger partial charge in [-0.05, 0) is 19.4 Å². The van der Waals surface area contributed by atoms with Crippen molar-refractivity contribution < 1.29 is 9.53 Å². The van der Waals surface area contributed by atoms with Crippen LogP contribution in [-0.2, 0) is 16.1 Å². The standard InChI is InChI=1S/C13H18N2O2/c1-3-17-13(16)9-11(2)15-14-10-12-7-5-4-6-8-12/h4-9,14-15H,3,10H2,1-2H3/b11-9+. The Kier molecular flexibility index (Phi) is 5.82. The van der Waals surface area contributed by atoms with Gasteiger partial charge in [0.15, 0.2) is 0 Å². The number of carbonyl (C=O) groups is 1. The number of hydrazine groups is 1. The van der Waals surface area contributed by atoms with Crippen LogP contribution in [-0.4, -0.2) is 12.6 Å². The lowest BCUT2D eigenvalue weighted by molar-refractivity contribution is -0.137. The van der Waals surface area contributed by atoms with Crippen molar-refractivity contribution in [3.63, 3.8) is 0 Å². The normalized spacial score (nSPS) is 11.1. The summed E-state index contributed by atoms with van der Waals surface area (Å²) in [5, 5.41) is 0. The van der Waals surface area contributed by atoms with Gasteiger partial charge in [0.25, 0.3) is 0 Å². The van der Waals surface area contributed by atoms with Gasteiger partial charge in [-0.1, -0.05) is 30.3 Å². The molecule has 17 heavy (non-hydrogen) atoms. The molecule has 0 bridgehead atoms. The summed E-state index contributed by atoms with van der Waals surface area (Å²) in [4.78, 5) is 11.1. The van der Waals surface area contributed by atoms with Gasteiger partial charge in [0.1, 0.15) is 0 Å². The first-order valence-electron chi connectivity index (χ1n) is 5.60. The van der Waals surface area contributed by atoms with Gasteiger partial charge < -0.3 is 10.2 Å². The Bertz CT molecular complexity index is 374. The SMILES string of the molecule is CCOC(=O)/C=C(\C)NNCc1ccccc1. The van der Waals surface area contributed by atoms with Crippen LogP contribution in [0.15, 0.2) is 42.1 Å². The Balaban J connectivity index is 2.29. The van der Waals surface area contributed by atoms with E-state index in [1.54, 1.807) is 13.8 Å². The molecule has 1 aromatic rings. The molecule has 0 aliphatic carbocycles. The largest absolute Gasteiger partial charge is 0.463 e. The second kappa shape index (κ2) is 7.46. The molecule has 1 rings (SSSR count). The van der Waals surface area contributed by atoms with Gasteiger partial charge in [-0.15, -0.1) is 0 Å². The smallest absolute Gasteiger partial charge is 0.332 e. The first-order valence-corrected chi connectivity index (χ1v) is 5.60. The minimum absolute atomic E-state index is 0.334. The van der Waals surface area contributed by atoms with Crippen molar-refractivity contribution >= 4 is 5.97 Å². The summed E-state index contributed by atoms with van der Waals surface area (Å²) in [5.41, 5.74) is 7.85. The van der Waals surface area contributed by atoms with Crippen LogP contribution >= 0.6 is 0 Å². The van der Waals surface area contributed by atoms with E-state index in [2.05, 4.69) is 10.9 Å². The lowest BCUT2D eigenvalue weighted by Gasteiger charge is -2.08. The summed E-state index contributed by atoms with van der Waals surface area (Å²) >= 11 is 0. The Morgan fingerprint density at radius 3 is 2.71 bits per heavy atom. The number of carbonyl (C=O) groups excluding carboxylic acids is 1. The minimum atomic E-state index is -0.334. The first-order chi connectivity index (χ1) is 8.22. The van der Waals surface area contributed by atoms with Gasteiger partial charge in [-0.2, -0.15) is 0 Å². The summed E-state index contributed by atoms with van der Waals surface area (Å²) < 4.78 is 4.79. The molecule has 0 heterocycles. The minimum Gasteiger partial charge on any atom is -0.463 e. The van der Waals surface area contributed by atoms with Crippen LogP contribution in [0.4, 0.5) is 0 Å². The highest BCUT2D eigenvalue weighted by Crippen LogP contribution is 1.96. The van der Waals surface area contributed by atoms with Crippen LogP contribution in [0.25, 0.3) is 0 Å². The predicted molar refractivity (Wildman–Crippen MR) is 66.8 cm³/mol. The number of benzene rings is 1. The fourth-order valence-corrected chi connectivity index (χ4v) is 1.28. The summed E-state index contributed by atoms with van der Waals surface area (Å²) in [6.45, 7) is 4.66. The zero-order valence-electron chi connectivity index (χ0n) is 10.2. The summed E-state index contributed by atoms with van der Waals surface area (Å²) in [5.74, 6) is -0.334. The van der Waals surface area contributed by atoms with Gasteiger partial charge in [-0.3, -0.25) is 0 Å². The molecule has 1 aromatic carbocycles. The number of rotatable bonds is 6. The quantitative estimate of drug-likeness (QED) is 0.447. The van der Waals surface area contributed by atoms with Crippen molar-refractivity contribution in [1.29, 1.82) is 0 Å².